The number of phenolic OH excluding ortho intramolecular Hbond substituents is 1. The highest BCUT2D eigenvalue weighted by atomic mass is 32.1. The number of aromatic nitrogens is 1. The fourth-order valence-electron chi connectivity index (χ4n) is 1.08. The van der Waals surface area contributed by atoms with Crippen LogP contribution in [0.4, 0.5) is 10.8 Å². The molecule has 0 saturated heterocycles. The van der Waals surface area contributed by atoms with Gasteiger partial charge in [0.05, 0.1) is 7.11 Å². The molecule has 16 heavy (non-hydrogen) atoms. The van der Waals surface area contributed by atoms with E-state index in [2.05, 4.69) is 15.2 Å². The molecule has 0 fully saturated rings. The van der Waals surface area contributed by atoms with Gasteiger partial charge in [-0.2, -0.15) is 0 Å². The molecule has 82 valence electrons. The second kappa shape index (κ2) is 4.71. The molecule has 0 saturated carbocycles. The van der Waals surface area contributed by atoms with Crippen LogP contribution >= 0.6 is 11.3 Å². The van der Waals surface area contributed by atoms with Gasteiger partial charge in [-0.3, -0.25) is 0 Å². The molecule has 1 N–H and O–H groups in total. The molecule has 0 unspecified atom stereocenters. The van der Waals surface area contributed by atoms with Crippen molar-refractivity contribution in [2.75, 3.05) is 7.11 Å². The Hall–Kier alpha value is -1.95. The zero-order valence-electron chi connectivity index (χ0n) is 8.49. The molecule has 2 aromatic rings. The van der Waals surface area contributed by atoms with Gasteiger partial charge in [-0.15, -0.1) is 21.6 Å². The van der Waals surface area contributed by atoms with Gasteiger partial charge < -0.3 is 9.84 Å². The summed E-state index contributed by atoms with van der Waals surface area (Å²) in [6.07, 6.45) is 1.65. The van der Waals surface area contributed by atoms with E-state index in [1.54, 1.807) is 18.3 Å². The predicted octanol–water partition coefficient (Wildman–Crippen LogP) is 3.27. The van der Waals surface area contributed by atoms with Gasteiger partial charge in [0.2, 0.25) is 5.13 Å². The van der Waals surface area contributed by atoms with Gasteiger partial charge >= 0.3 is 0 Å². The minimum Gasteiger partial charge on any atom is -0.505 e. The van der Waals surface area contributed by atoms with Crippen LogP contribution in [0.1, 0.15) is 0 Å². The summed E-state index contributed by atoms with van der Waals surface area (Å²) in [4.78, 5) is 3.95. The Labute approximate surface area is 96.1 Å². The molecule has 6 heteroatoms. The summed E-state index contributed by atoms with van der Waals surface area (Å²) in [5.74, 6) is 0.602. The lowest BCUT2D eigenvalue weighted by Gasteiger charge is -2.01. The molecular weight excluding hydrogens is 226 g/mol. The second-order valence-electron chi connectivity index (χ2n) is 2.87. The fraction of sp³-hybridized carbons (Fsp3) is 0.100. The Bertz CT molecular complexity index is 497. The Morgan fingerprint density at radius 2 is 2.25 bits per heavy atom. The zero-order chi connectivity index (χ0) is 11.4. The largest absolute Gasteiger partial charge is 0.505 e. The van der Waals surface area contributed by atoms with E-state index < -0.39 is 0 Å². The Kier molecular flexibility index (Phi) is 3.11. The first-order valence-electron chi connectivity index (χ1n) is 4.48. The average Bonchev–Trinajstić information content (AvgIpc) is 2.80. The number of azo groups is 1. The van der Waals surface area contributed by atoms with Crippen molar-refractivity contribution < 1.29 is 9.84 Å². The van der Waals surface area contributed by atoms with Gasteiger partial charge in [-0.1, -0.05) is 0 Å². The summed E-state index contributed by atoms with van der Waals surface area (Å²) >= 11 is 1.38. The number of methoxy groups -OCH3 is 1. The number of thiazole rings is 1. The predicted molar refractivity (Wildman–Crippen MR) is 60.9 cm³/mol. The summed E-state index contributed by atoms with van der Waals surface area (Å²) in [6, 6.07) is 4.82. The van der Waals surface area contributed by atoms with Crippen molar-refractivity contribution in [3.05, 3.63) is 29.8 Å². The third-order valence-electron chi connectivity index (χ3n) is 1.85. The monoisotopic (exact) mass is 235 g/mol. The fourth-order valence-corrected chi connectivity index (χ4v) is 1.53. The minimum atomic E-state index is 0.0275. The molecule has 5 nitrogen and oxygen atoms in total. The van der Waals surface area contributed by atoms with Crippen molar-refractivity contribution in [1.29, 1.82) is 0 Å². The first kappa shape index (κ1) is 10.6. The third kappa shape index (κ3) is 2.34. The van der Waals surface area contributed by atoms with Crippen LogP contribution in [0.5, 0.6) is 11.5 Å². The quantitative estimate of drug-likeness (QED) is 0.830. The first-order valence-corrected chi connectivity index (χ1v) is 5.36. The molecule has 0 bridgehead atoms. The van der Waals surface area contributed by atoms with E-state index in [1.807, 2.05) is 5.38 Å². The van der Waals surface area contributed by atoms with Gasteiger partial charge in [0.1, 0.15) is 17.2 Å². The summed E-state index contributed by atoms with van der Waals surface area (Å²) < 4.78 is 4.96. The molecule has 1 aromatic carbocycles. The topological polar surface area (TPSA) is 67.1 Å². The average molecular weight is 235 g/mol. The van der Waals surface area contributed by atoms with E-state index >= 15 is 0 Å². The SMILES string of the molecule is COc1ccc(N=Nc2nccs2)c(O)c1. The molecule has 0 radical (unpaired) electrons. The van der Waals surface area contributed by atoms with E-state index in [0.29, 0.717) is 16.6 Å². The van der Waals surface area contributed by atoms with E-state index in [4.69, 9.17) is 4.74 Å². The van der Waals surface area contributed by atoms with Crippen LogP contribution < -0.4 is 4.74 Å². The first-order chi connectivity index (χ1) is 7.79. The number of ether oxygens (including phenoxy) is 1. The Morgan fingerprint density at radius 3 is 2.88 bits per heavy atom. The normalized spacial score (nSPS) is 10.8. The van der Waals surface area contributed by atoms with Crippen molar-refractivity contribution in [2.45, 2.75) is 0 Å². The van der Waals surface area contributed by atoms with Crippen molar-refractivity contribution in [3.63, 3.8) is 0 Å². The number of aromatic hydroxyl groups is 1. The van der Waals surface area contributed by atoms with Gasteiger partial charge in [0.25, 0.3) is 0 Å². The molecule has 1 heterocycles. The molecule has 0 spiro atoms. The number of hydrogen-bond acceptors (Lipinski definition) is 6. The third-order valence-corrected chi connectivity index (χ3v) is 2.50. The number of benzene rings is 1. The van der Waals surface area contributed by atoms with E-state index in [1.165, 1.54) is 24.5 Å². The number of nitrogens with zero attached hydrogens (tertiary/aromatic N) is 3. The van der Waals surface area contributed by atoms with Crippen LogP contribution in [-0.2, 0) is 0 Å². The summed E-state index contributed by atoms with van der Waals surface area (Å²) in [5.41, 5.74) is 0.385. The standard InChI is InChI=1S/C10H9N3O2S/c1-15-7-2-3-8(9(14)6-7)12-13-10-11-4-5-16-10/h2-6,14H,1H3. The molecular formula is C10H9N3O2S. The maximum atomic E-state index is 9.60. The highest BCUT2D eigenvalue weighted by Gasteiger charge is 2.01. The van der Waals surface area contributed by atoms with Crippen LogP contribution in [0, 0.1) is 0 Å². The van der Waals surface area contributed by atoms with Crippen LogP contribution in [0.15, 0.2) is 40.0 Å². The highest BCUT2D eigenvalue weighted by molar-refractivity contribution is 7.13. The Balaban J connectivity index is 2.22. The molecule has 0 atom stereocenters. The van der Waals surface area contributed by atoms with Gasteiger partial charge in [-0.25, -0.2) is 4.98 Å². The molecule has 0 aliphatic rings. The number of phenols is 1. The molecule has 0 aliphatic heterocycles. The van der Waals surface area contributed by atoms with Crippen molar-refractivity contribution in [3.8, 4) is 11.5 Å². The lowest BCUT2D eigenvalue weighted by Crippen LogP contribution is -1.80. The molecule has 1 aromatic heterocycles. The Morgan fingerprint density at radius 1 is 1.38 bits per heavy atom. The van der Waals surface area contributed by atoms with Crippen LogP contribution in [0.25, 0.3) is 0 Å². The molecule has 0 amide bonds. The molecule has 2 rings (SSSR count). The maximum Gasteiger partial charge on any atom is 0.229 e. The second-order valence-corrected chi connectivity index (χ2v) is 3.74. The van der Waals surface area contributed by atoms with Crippen LogP contribution in [-0.4, -0.2) is 17.2 Å². The molecule has 0 aliphatic carbocycles. The number of hydrogen-bond donors (Lipinski definition) is 1. The lowest BCUT2D eigenvalue weighted by molar-refractivity contribution is 0.408. The maximum absolute atomic E-state index is 9.60. The van der Waals surface area contributed by atoms with Gasteiger partial charge in [-0.05, 0) is 12.1 Å². The van der Waals surface area contributed by atoms with Crippen molar-refractivity contribution in [2.24, 2.45) is 10.2 Å². The zero-order valence-corrected chi connectivity index (χ0v) is 9.31. The van der Waals surface area contributed by atoms with Crippen molar-refractivity contribution >= 4 is 22.2 Å². The van der Waals surface area contributed by atoms with E-state index in [-0.39, 0.29) is 5.75 Å². The smallest absolute Gasteiger partial charge is 0.229 e. The van der Waals surface area contributed by atoms with Crippen molar-refractivity contribution in [1.82, 2.24) is 4.98 Å². The van der Waals surface area contributed by atoms with Crippen LogP contribution in [0.2, 0.25) is 0 Å². The van der Waals surface area contributed by atoms with E-state index in [0.717, 1.165) is 0 Å². The summed E-state index contributed by atoms with van der Waals surface area (Å²) in [5, 5.41) is 19.7. The summed E-state index contributed by atoms with van der Waals surface area (Å²) in [6.45, 7) is 0. The van der Waals surface area contributed by atoms with E-state index in [9.17, 15) is 5.11 Å². The highest BCUT2D eigenvalue weighted by Crippen LogP contribution is 2.31. The van der Waals surface area contributed by atoms with Gasteiger partial charge in [0.15, 0.2) is 0 Å². The van der Waals surface area contributed by atoms with Gasteiger partial charge in [0, 0.05) is 17.6 Å². The van der Waals surface area contributed by atoms with Crippen LogP contribution in [0.3, 0.4) is 0 Å². The minimum absolute atomic E-state index is 0.0275. The summed E-state index contributed by atoms with van der Waals surface area (Å²) in [7, 11) is 1.53. The number of rotatable bonds is 3. The lowest BCUT2D eigenvalue weighted by atomic mass is 10.3.